The highest BCUT2D eigenvalue weighted by Crippen LogP contribution is 2.39. The first kappa shape index (κ1) is 18.1. The predicted octanol–water partition coefficient (Wildman–Crippen LogP) is 3.59. The van der Waals surface area contributed by atoms with Crippen LogP contribution in [0.1, 0.15) is 51.4 Å². The number of thiophene rings is 1. The van der Waals surface area contributed by atoms with E-state index in [2.05, 4.69) is 5.32 Å². The first-order chi connectivity index (χ1) is 12.5. The maximum Gasteiger partial charge on any atom is 0.341 e. The number of rotatable bonds is 5. The van der Waals surface area contributed by atoms with Crippen LogP contribution in [-0.2, 0) is 22.4 Å². The van der Waals surface area contributed by atoms with Crippen LogP contribution in [0.3, 0.4) is 0 Å². The standard InChI is InChI=1S/C19H19NO5S/c1-3-24-19(23)16-14-8-5-9-15(14)26-18(16)20-17(22)12-6-4-7-13(10-12)25-11(2)21/h4,6-7,10H,3,5,8-9H2,1-2H3,(H,20,22). The smallest absolute Gasteiger partial charge is 0.341 e. The maximum atomic E-state index is 12.6. The normalized spacial score (nSPS) is 12.4. The minimum absolute atomic E-state index is 0.279. The van der Waals surface area contributed by atoms with Crippen LogP contribution >= 0.6 is 11.3 Å². The summed E-state index contributed by atoms with van der Waals surface area (Å²) in [6, 6.07) is 6.34. The van der Waals surface area contributed by atoms with Crippen molar-refractivity contribution in [2.75, 3.05) is 11.9 Å². The monoisotopic (exact) mass is 373 g/mol. The lowest BCUT2D eigenvalue weighted by Crippen LogP contribution is -2.15. The molecule has 1 aliphatic rings. The van der Waals surface area contributed by atoms with Crippen LogP contribution in [0.5, 0.6) is 5.75 Å². The highest BCUT2D eigenvalue weighted by Gasteiger charge is 2.28. The molecule has 0 saturated heterocycles. The maximum absolute atomic E-state index is 12.6. The number of hydrogen-bond acceptors (Lipinski definition) is 6. The van der Waals surface area contributed by atoms with Gasteiger partial charge in [0.1, 0.15) is 10.8 Å². The lowest BCUT2D eigenvalue weighted by atomic mass is 10.1. The number of esters is 2. The van der Waals surface area contributed by atoms with Gasteiger partial charge in [-0.05, 0) is 49.9 Å². The third-order valence-electron chi connectivity index (χ3n) is 3.99. The van der Waals surface area contributed by atoms with Gasteiger partial charge in [-0.1, -0.05) is 6.07 Å². The van der Waals surface area contributed by atoms with E-state index >= 15 is 0 Å². The second kappa shape index (κ2) is 7.70. The fourth-order valence-corrected chi connectivity index (χ4v) is 4.23. The Morgan fingerprint density at radius 3 is 2.77 bits per heavy atom. The van der Waals surface area contributed by atoms with Crippen LogP contribution in [0.15, 0.2) is 24.3 Å². The van der Waals surface area contributed by atoms with Gasteiger partial charge in [0, 0.05) is 17.4 Å². The van der Waals surface area contributed by atoms with Crippen molar-refractivity contribution in [2.45, 2.75) is 33.1 Å². The number of nitrogens with one attached hydrogen (secondary N) is 1. The zero-order valence-electron chi connectivity index (χ0n) is 14.6. The quantitative estimate of drug-likeness (QED) is 0.640. The second-order valence-corrected chi connectivity index (χ2v) is 6.96. The summed E-state index contributed by atoms with van der Waals surface area (Å²) in [6.07, 6.45) is 2.73. The third kappa shape index (κ3) is 3.77. The number of aryl methyl sites for hydroxylation is 1. The molecule has 6 nitrogen and oxygen atoms in total. The van der Waals surface area contributed by atoms with Crippen LogP contribution < -0.4 is 10.1 Å². The summed E-state index contributed by atoms with van der Waals surface area (Å²) < 4.78 is 10.2. The van der Waals surface area contributed by atoms with Crippen molar-refractivity contribution in [3.8, 4) is 5.75 Å². The van der Waals surface area contributed by atoms with E-state index in [1.807, 2.05) is 0 Å². The lowest BCUT2D eigenvalue weighted by molar-refractivity contribution is -0.131. The number of benzene rings is 1. The Kier molecular flexibility index (Phi) is 5.37. The number of amides is 1. The van der Waals surface area contributed by atoms with Gasteiger partial charge >= 0.3 is 11.9 Å². The van der Waals surface area contributed by atoms with Crippen LogP contribution in [0.2, 0.25) is 0 Å². The van der Waals surface area contributed by atoms with Gasteiger partial charge in [0.2, 0.25) is 0 Å². The Labute approximate surface area is 155 Å². The van der Waals surface area contributed by atoms with E-state index in [-0.39, 0.29) is 12.5 Å². The minimum atomic E-state index is -0.457. The first-order valence-electron chi connectivity index (χ1n) is 8.41. The number of carbonyl (C=O) groups is 3. The summed E-state index contributed by atoms with van der Waals surface area (Å²) in [5, 5.41) is 3.32. The fraction of sp³-hybridized carbons (Fsp3) is 0.316. The van der Waals surface area contributed by atoms with E-state index in [1.54, 1.807) is 25.1 Å². The molecule has 1 aromatic heterocycles. The molecule has 0 aliphatic heterocycles. The molecule has 0 fully saturated rings. The number of anilines is 1. The average molecular weight is 373 g/mol. The zero-order chi connectivity index (χ0) is 18.7. The molecule has 7 heteroatoms. The molecular weight excluding hydrogens is 354 g/mol. The molecule has 0 bridgehead atoms. The molecule has 3 rings (SSSR count). The van der Waals surface area contributed by atoms with E-state index in [1.165, 1.54) is 24.3 Å². The number of fused-ring (bicyclic) bond motifs is 1. The van der Waals surface area contributed by atoms with Gasteiger partial charge < -0.3 is 14.8 Å². The van der Waals surface area contributed by atoms with Crippen molar-refractivity contribution < 1.29 is 23.9 Å². The van der Waals surface area contributed by atoms with E-state index in [4.69, 9.17) is 9.47 Å². The van der Waals surface area contributed by atoms with Crippen molar-refractivity contribution in [2.24, 2.45) is 0 Å². The van der Waals surface area contributed by atoms with Gasteiger partial charge in [-0.2, -0.15) is 0 Å². The molecule has 136 valence electrons. The molecule has 0 spiro atoms. The van der Waals surface area contributed by atoms with Gasteiger partial charge in [0.15, 0.2) is 0 Å². The van der Waals surface area contributed by atoms with Gasteiger partial charge in [-0.25, -0.2) is 4.79 Å². The fourth-order valence-electron chi connectivity index (χ4n) is 2.95. The number of hydrogen-bond donors (Lipinski definition) is 1. The van der Waals surface area contributed by atoms with E-state index in [9.17, 15) is 14.4 Å². The molecule has 1 amide bonds. The second-order valence-electron chi connectivity index (χ2n) is 5.86. The minimum Gasteiger partial charge on any atom is -0.462 e. The largest absolute Gasteiger partial charge is 0.462 e. The topological polar surface area (TPSA) is 81.7 Å². The van der Waals surface area contributed by atoms with Crippen molar-refractivity contribution in [3.05, 3.63) is 45.8 Å². The van der Waals surface area contributed by atoms with Crippen molar-refractivity contribution in [1.82, 2.24) is 0 Å². The summed E-state index contributed by atoms with van der Waals surface area (Å²) in [4.78, 5) is 37.2. The third-order valence-corrected chi connectivity index (χ3v) is 5.19. The van der Waals surface area contributed by atoms with Crippen molar-refractivity contribution in [1.29, 1.82) is 0 Å². The van der Waals surface area contributed by atoms with E-state index in [0.29, 0.717) is 21.9 Å². The van der Waals surface area contributed by atoms with E-state index in [0.717, 1.165) is 29.7 Å². The van der Waals surface area contributed by atoms with Crippen LogP contribution in [0.4, 0.5) is 5.00 Å². The lowest BCUT2D eigenvalue weighted by Gasteiger charge is -2.09. The van der Waals surface area contributed by atoms with Gasteiger partial charge in [-0.3, -0.25) is 9.59 Å². The molecule has 0 saturated carbocycles. The Hall–Kier alpha value is -2.67. The Balaban J connectivity index is 1.86. The van der Waals surface area contributed by atoms with Gasteiger partial charge in [0.05, 0.1) is 12.2 Å². The molecule has 0 unspecified atom stereocenters. The number of carbonyl (C=O) groups excluding carboxylic acids is 3. The van der Waals surface area contributed by atoms with Crippen molar-refractivity contribution >= 4 is 34.2 Å². The summed E-state index contributed by atoms with van der Waals surface area (Å²) in [5.41, 5.74) is 1.79. The van der Waals surface area contributed by atoms with Crippen LogP contribution in [0, 0.1) is 0 Å². The Bertz CT molecular complexity index is 871. The molecule has 0 atom stereocenters. The molecule has 0 radical (unpaired) electrons. The first-order valence-corrected chi connectivity index (χ1v) is 9.22. The summed E-state index contributed by atoms with van der Waals surface area (Å²) >= 11 is 1.42. The van der Waals surface area contributed by atoms with Crippen molar-refractivity contribution in [3.63, 3.8) is 0 Å². The molecular formula is C19H19NO5S. The molecule has 1 aromatic carbocycles. The Morgan fingerprint density at radius 1 is 1.23 bits per heavy atom. The zero-order valence-corrected chi connectivity index (χ0v) is 15.4. The SMILES string of the molecule is CCOC(=O)c1c(NC(=O)c2cccc(OC(C)=O)c2)sc2c1CCC2. The molecule has 1 heterocycles. The van der Waals surface area contributed by atoms with Gasteiger partial charge in [-0.15, -0.1) is 11.3 Å². The summed E-state index contributed by atoms with van der Waals surface area (Å²) in [5.74, 6) is -0.938. The highest BCUT2D eigenvalue weighted by atomic mass is 32.1. The summed E-state index contributed by atoms with van der Waals surface area (Å²) in [6.45, 7) is 3.33. The molecule has 1 aliphatic carbocycles. The number of ether oxygens (including phenoxy) is 2. The molecule has 2 aromatic rings. The molecule has 1 N–H and O–H groups in total. The average Bonchev–Trinajstić information content (AvgIpc) is 3.15. The Morgan fingerprint density at radius 2 is 2.04 bits per heavy atom. The van der Waals surface area contributed by atoms with E-state index < -0.39 is 11.9 Å². The van der Waals surface area contributed by atoms with Crippen LogP contribution in [0.25, 0.3) is 0 Å². The molecule has 26 heavy (non-hydrogen) atoms. The highest BCUT2D eigenvalue weighted by molar-refractivity contribution is 7.17. The predicted molar refractivity (Wildman–Crippen MR) is 98.0 cm³/mol. The summed E-state index contributed by atoms with van der Waals surface area (Å²) in [7, 11) is 0. The van der Waals surface area contributed by atoms with Crippen LogP contribution in [-0.4, -0.2) is 24.5 Å². The van der Waals surface area contributed by atoms with Gasteiger partial charge in [0.25, 0.3) is 5.91 Å².